The third kappa shape index (κ3) is 21.7. The van der Waals surface area contributed by atoms with Crippen LogP contribution in [0.15, 0.2) is 292 Å². The van der Waals surface area contributed by atoms with Gasteiger partial charge in [-0.1, -0.05) is 335 Å². The average Bonchev–Trinajstić information content (AvgIpc) is 1.14. The molecule has 6 heteroatoms. The van der Waals surface area contributed by atoms with Crippen molar-refractivity contribution in [2.45, 2.75) is 295 Å². The van der Waals surface area contributed by atoms with Gasteiger partial charge in [0, 0.05) is 77.0 Å². The minimum Gasteiger partial charge on any atom is -0.207 e. The normalized spacial score (nSPS) is 22.2. The maximum Gasteiger partial charge on any atom is 0.213 e. The lowest BCUT2D eigenvalue weighted by Gasteiger charge is -2.39. The van der Waals surface area contributed by atoms with Crippen LogP contribution >= 0.6 is 0 Å². The first-order valence-electron chi connectivity index (χ1n) is 58.5. The van der Waals surface area contributed by atoms with Crippen molar-refractivity contribution < 1.29 is 30.9 Å². The summed E-state index contributed by atoms with van der Waals surface area (Å²) in [5, 5.41) is 10.9. The Balaban J connectivity index is 0.000000117. The topological polar surface area (TPSA) is 15.5 Å². The number of hydrogen-bond acceptors (Lipinski definition) is 0. The molecular weight excluding hydrogens is 1760 g/mol. The number of aromatic nitrogens is 4. The Labute approximate surface area is 870 Å². The molecule has 144 heavy (non-hydrogen) atoms. The maximum absolute atomic E-state index is 13.7. The first-order chi connectivity index (χ1) is 72.3. The molecule has 0 radical (unpaired) electrons. The summed E-state index contributed by atoms with van der Waals surface area (Å²) in [5.74, 6) is -0.214. The number of fused-ring (bicyclic) bond motifs is 6. The van der Waals surface area contributed by atoms with Gasteiger partial charge in [-0.3, -0.25) is 0 Å². The molecule has 8 aliphatic rings. The molecule has 16 aromatic rings. The van der Waals surface area contributed by atoms with Crippen LogP contribution in [-0.4, -0.2) is 8.07 Å². The molecule has 0 N–H and O–H groups in total. The van der Waals surface area contributed by atoms with Crippen molar-refractivity contribution in [3.8, 4) is 89.5 Å². The SMILES string of the molecule is [2H]C1(c2c[n+](C)c(-c3ccccc3C)cc2-c2ccc3cc(F)ccc3c2)CCCCC1.[2H]C1(c2c[n+](C)c(-c3ccccc3C)cc2-c2ccc3cc([Si](C)(C)C)ccc3c2)CCCCC1.[2H]C1(c2ccc3cc(-c4cc(-c5ccccc5C)[n+](C)cc4C4([2H])CCCCC4)ccc3c2)CC2CCCCC2C1.[2H]C1(c2ccc3cc(-c4cc(-c5ccccc5C)[n+](C)cc4C4([2H])CCCCC4)ccc3c2)CCC2CCCCC2C1. The van der Waals surface area contributed by atoms with E-state index in [0.717, 1.165) is 196 Å². The van der Waals surface area contributed by atoms with E-state index in [-0.39, 0.29) is 5.82 Å². The smallest absolute Gasteiger partial charge is 0.207 e. The molecule has 4 nitrogen and oxygen atoms in total. The molecule has 8 aliphatic carbocycles. The average molecular weight is 1920 g/mol. The minimum atomic E-state index is -1.35. The van der Waals surface area contributed by atoms with Crippen LogP contribution in [0, 0.1) is 57.2 Å². The molecule has 5 atom stereocenters. The van der Waals surface area contributed by atoms with Crippen molar-refractivity contribution in [1.82, 2.24) is 0 Å². The van der Waals surface area contributed by atoms with Crippen molar-refractivity contribution in [2.24, 2.45) is 51.9 Å². The van der Waals surface area contributed by atoms with E-state index < -0.39 is 43.4 Å². The van der Waals surface area contributed by atoms with Gasteiger partial charge < -0.3 is 0 Å². The second kappa shape index (κ2) is 44.0. The monoisotopic (exact) mass is 1920 g/mol. The molecule has 0 amide bonds. The fraction of sp³-hybridized carbons (Fsp3) is 0.391. The highest BCUT2D eigenvalue weighted by atomic mass is 28.3. The molecule has 736 valence electrons. The van der Waals surface area contributed by atoms with Crippen molar-refractivity contribution in [1.29, 1.82) is 0 Å². The predicted octanol–water partition coefficient (Wildman–Crippen LogP) is 35.9. The van der Waals surface area contributed by atoms with E-state index >= 15 is 0 Å². The lowest BCUT2D eigenvalue weighted by molar-refractivity contribution is -0.660. The Hall–Kier alpha value is -11.6. The molecule has 8 fully saturated rings. The second-order valence-corrected chi connectivity index (χ2v) is 50.6. The number of rotatable bonds is 15. The quantitative estimate of drug-likeness (QED) is 0.0718. The van der Waals surface area contributed by atoms with E-state index in [1.807, 2.05) is 12.1 Å². The van der Waals surface area contributed by atoms with Crippen LogP contribution in [0.5, 0.6) is 0 Å². The lowest BCUT2D eigenvalue weighted by atomic mass is 9.66. The van der Waals surface area contributed by atoms with Gasteiger partial charge in [-0.15, -0.1) is 0 Å². The molecule has 24 rings (SSSR count). The zero-order valence-corrected chi connectivity index (χ0v) is 89.0. The number of pyridine rings is 4. The number of halogens is 1. The van der Waals surface area contributed by atoms with Crippen molar-refractivity contribution >= 4 is 56.4 Å². The number of nitrogens with zero attached hydrogens (tertiary/aromatic N) is 4. The standard InChI is InChI=1S/C39H46N.C38H44N.C32H38NSi.C29H29FN/c1-27-10-6-9-15-36(27)39-25-37(38(26-40(39)2)29-12-4-3-5-13-29)35-21-20-33-23-32(18-19-34(33)24-35)31-17-16-28-11-7-8-14-30(28)22-31;1-26-10-6-9-15-35(26)38-24-36(37(25-39(38)2)27-11-4-3-5-12-27)33-19-18-30-20-32(17-16-31(30)21-33)34-22-28-13-7-8-14-29(28)23-34;1-23-11-9-10-14-29(23)32-21-30(31(22-33(32)2)24-12-7-6-8-13-24)27-16-15-26-20-28(34(3,4)5)18-17-25(26)19-27;1-20-8-6-7-11-26(20)29-18-27(28(19-31(29)2)21-9-4-3-5-10-21)24-13-12-23-17-25(30)15-14-22(23)16-24/h6,9-10,15,18-21,23-26,28-31H,3-5,7-8,11-14,16-17,22H2,1-2H3;6,9-10,15-21,24-25,27-29,34H,3-5,7-8,11-14,22-23H2,1-2H3;9-11,14-22,24H,6-8,12-13H2,1-5H3;6-8,11-19,21H,3-5,9-10H2,1-2H3/q4*+1/i29D,31D;27D,34D;24D;21D. The van der Waals surface area contributed by atoms with Gasteiger partial charge in [0.15, 0.2) is 24.8 Å². The fourth-order valence-electron chi connectivity index (χ4n) is 26.5. The zero-order valence-electron chi connectivity index (χ0n) is 94.0. The molecule has 0 spiro atoms. The molecule has 0 bridgehead atoms. The summed E-state index contributed by atoms with van der Waals surface area (Å²) in [6, 6.07) is 96.1. The van der Waals surface area contributed by atoms with E-state index in [2.05, 4.69) is 361 Å². The van der Waals surface area contributed by atoms with Crippen LogP contribution in [0.2, 0.25) is 19.6 Å². The van der Waals surface area contributed by atoms with Gasteiger partial charge in [0.25, 0.3) is 0 Å². The highest BCUT2D eigenvalue weighted by Crippen LogP contribution is 2.53. The van der Waals surface area contributed by atoms with Gasteiger partial charge in [0.1, 0.15) is 34.0 Å². The first-order valence-corrected chi connectivity index (χ1v) is 59.0. The predicted molar refractivity (Wildman–Crippen MR) is 609 cm³/mol. The van der Waals surface area contributed by atoms with E-state index in [9.17, 15) is 12.6 Å². The summed E-state index contributed by atoms with van der Waals surface area (Å²) < 4.78 is 79.7. The van der Waals surface area contributed by atoms with Crippen LogP contribution in [-0.2, 0) is 28.2 Å². The van der Waals surface area contributed by atoms with Crippen LogP contribution in [0.3, 0.4) is 0 Å². The van der Waals surface area contributed by atoms with E-state index in [1.54, 1.807) is 6.07 Å². The molecule has 12 aromatic carbocycles. The number of benzene rings is 12. The third-order valence-electron chi connectivity index (χ3n) is 34.9. The summed E-state index contributed by atoms with van der Waals surface area (Å²) in [6.45, 7) is 15.9. The summed E-state index contributed by atoms with van der Waals surface area (Å²) in [7, 11) is 7.15. The van der Waals surface area contributed by atoms with Gasteiger partial charge in [-0.05, 0) is 352 Å². The second-order valence-electron chi connectivity index (χ2n) is 45.6. The van der Waals surface area contributed by atoms with Crippen molar-refractivity contribution in [3.63, 3.8) is 0 Å². The fourth-order valence-corrected chi connectivity index (χ4v) is 27.6. The Morgan fingerprint density at radius 2 is 0.500 bits per heavy atom. The molecule has 4 heterocycles. The van der Waals surface area contributed by atoms with Gasteiger partial charge >= 0.3 is 0 Å². The van der Waals surface area contributed by atoms with Crippen LogP contribution in [0.25, 0.3) is 133 Å². The summed E-state index contributed by atoms with van der Waals surface area (Å²) in [6.07, 6.45) is 46.3. The first kappa shape index (κ1) is 91.1. The Morgan fingerprint density at radius 1 is 0.236 bits per heavy atom. The van der Waals surface area contributed by atoms with Crippen molar-refractivity contribution in [2.75, 3.05) is 0 Å². The third-order valence-corrected chi connectivity index (χ3v) is 36.9. The summed E-state index contributed by atoms with van der Waals surface area (Å²) >= 11 is 0. The molecule has 4 aromatic heterocycles. The van der Waals surface area contributed by atoms with Crippen LogP contribution < -0.4 is 23.5 Å². The van der Waals surface area contributed by atoms with Crippen LogP contribution in [0.4, 0.5) is 4.39 Å². The van der Waals surface area contributed by atoms with E-state index in [4.69, 9.17) is 0 Å². The summed E-state index contributed by atoms with van der Waals surface area (Å²) in [4.78, 5) is 0. The van der Waals surface area contributed by atoms with Gasteiger partial charge in [-0.2, -0.15) is 0 Å². The zero-order chi connectivity index (χ0) is 104. The Bertz CT molecular complexity index is 7700. The van der Waals surface area contributed by atoms with Gasteiger partial charge in [0.05, 0.1) is 8.07 Å². The van der Waals surface area contributed by atoms with Crippen LogP contribution in [0.1, 0.15) is 311 Å². The van der Waals surface area contributed by atoms with Gasteiger partial charge in [-0.25, -0.2) is 22.7 Å². The highest BCUT2D eigenvalue weighted by Gasteiger charge is 2.39. The molecule has 8 saturated carbocycles. The molecule has 5 unspecified atom stereocenters. The van der Waals surface area contributed by atoms with Crippen molar-refractivity contribution in [3.05, 3.63) is 353 Å². The molecule has 0 saturated heterocycles. The maximum atomic E-state index is 13.7. The lowest BCUT2D eigenvalue weighted by Crippen LogP contribution is -2.37. The summed E-state index contributed by atoms with van der Waals surface area (Å²) in [5.41, 5.74) is 31.1. The van der Waals surface area contributed by atoms with E-state index in [0.29, 0.717) is 0 Å². The van der Waals surface area contributed by atoms with E-state index in [1.165, 1.54) is 239 Å². The Kier molecular flexibility index (Phi) is 27.8. The molecule has 0 aliphatic heterocycles. The Morgan fingerprint density at radius 3 is 0.833 bits per heavy atom. The number of aryl methyl sites for hydroxylation is 8. The van der Waals surface area contributed by atoms with Gasteiger partial charge in [0.2, 0.25) is 22.8 Å². The number of hydrogen-bond donors (Lipinski definition) is 0. The largest absolute Gasteiger partial charge is 0.213 e. The minimum absolute atomic E-state index is 0.216. The highest BCUT2D eigenvalue weighted by molar-refractivity contribution is 6.88. The molecular formula is C138H157FN4Si+4.